The van der Waals surface area contributed by atoms with E-state index in [2.05, 4.69) is 4.72 Å². The van der Waals surface area contributed by atoms with Crippen molar-refractivity contribution in [1.82, 2.24) is 4.72 Å². The fourth-order valence-electron chi connectivity index (χ4n) is 1.14. The monoisotopic (exact) mass is 257 g/mol. The van der Waals surface area contributed by atoms with E-state index in [1.165, 1.54) is 0 Å². The molecule has 0 aromatic heterocycles. The van der Waals surface area contributed by atoms with E-state index in [4.69, 9.17) is 11.6 Å². The van der Waals surface area contributed by atoms with Gasteiger partial charge in [-0.05, 0) is 12.3 Å². The maximum Gasteiger partial charge on any atom is 0.211 e. The van der Waals surface area contributed by atoms with Crippen molar-refractivity contribution in [1.29, 1.82) is 0 Å². The van der Waals surface area contributed by atoms with E-state index < -0.39 is 16.1 Å². The molecule has 0 aromatic rings. The zero-order chi connectivity index (χ0) is 11.9. The summed E-state index contributed by atoms with van der Waals surface area (Å²) in [5, 5.41) is 9.35. The summed E-state index contributed by atoms with van der Waals surface area (Å²) in [4.78, 5) is 0. The number of rotatable bonds is 8. The molecule has 2 unspecified atom stereocenters. The molecular weight excluding hydrogens is 238 g/mol. The van der Waals surface area contributed by atoms with E-state index >= 15 is 0 Å². The standard InChI is InChI=1S/C9H20ClNO3S/c1-3-4-9(12)6-11-15(13,14)7-8(2)5-10/h8-9,11-12H,3-7H2,1-2H3. The first-order valence-corrected chi connectivity index (χ1v) is 7.31. The zero-order valence-electron chi connectivity index (χ0n) is 9.24. The lowest BCUT2D eigenvalue weighted by molar-refractivity contribution is 0.167. The summed E-state index contributed by atoms with van der Waals surface area (Å²) in [6.07, 6.45) is 0.838. The normalized spacial score (nSPS) is 16.3. The molecule has 0 aromatic carbocycles. The highest BCUT2D eigenvalue weighted by Crippen LogP contribution is 2.02. The van der Waals surface area contributed by atoms with Gasteiger partial charge in [0, 0.05) is 12.4 Å². The van der Waals surface area contributed by atoms with E-state index in [1.54, 1.807) is 6.92 Å². The van der Waals surface area contributed by atoms with Gasteiger partial charge in [0.25, 0.3) is 0 Å². The number of hydrogen-bond donors (Lipinski definition) is 2. The molecule has 0 fully saturated rings. The minimum atomic E-state index is -3.30. The number of aliphatic hydroxyl groups is 1. The second kappa shape index (κ2) is 7.44. The Morgan fingerprint density at radius 2 is 2.07 bits per heavy atom. The van der Waals surface area contributed by atoms with Gasteiger partial charge in [0.1, 0.15) is 0 Å². The number of halogens is 1. The second-order valence-corrected chi connectivity index (χ2v) is 5.99. The maximum absolute atomic E-state index is 11.4. The predicted octanol–water partition coefficient (Wildman–Crippen LogP) is 0.942. The van der Waals surface area contributed by atoms with Crippen LogP contribution >= 0.6 is 11.6 Å². The van der Waals surface area contributed by atoms with Gasteiger partial charge >= 0.3 is 0 Å². The van der Waals surface area contributed by atoms with Gasteiger partial charge in [-0.3, -0.25) is 0 Å². The summed E-state index contributed by atoms with van der Waals surface area (Å²) in [6.45, 7) is 3.80. The Balaban J connectivity index is 3.94. The Labute approximate surface area is 97.1 Å². The van der Waals surface area contributed by atoms with Crippen LogP contribution in [-0.4, -0.2) is 37.8 Å². The van der Waals surface area contributed by atoms with E-state index in [-0.39, 0.29) is 18.2 Å². The lowest BCUT2D eigenvalue weighted by atomic mass is 10.2. The van der Waals surface area contributed by atoms with E-state index in [1.807, 2.05) is 6.92 Å². The van der Waals surface area contributed by atoms with Gasteiger partial charge in [0.05, 0.1) is 11.9 Å². The third-order valence-corrected chi connectivity index (χ3v) is 4.07. The Morgan fingerprint density at radius 3 is 2.53 bits per heavy atom. The van der Waals surface area contributed by atoms with Crippen LogP contribution in [0.1, 0.15) is 26.7 Å². The molecule has 15 heavy (non-hydrogen) atoms. The highest BCUT2D eigenvalue weighted by atomic mass is 35.5. The molecule has 2 atom stereocenters. The summed E-state index contributed by atoms with van der Waals surface area (Å²) in [5.41, 5.74) is 0. The lowest BCUT2D eigenvalue weighted by Gasteiger charge is -2.13. The third kappa shape index (κ3) is 8.02. The van der Waals surface area contributed by atoms with E-state index in [9.17, 15) is 13.5 Å². The molecule has 0 saturated heterocycles. The lowest BCUT2D eigenvalue weighted by Crippen LogP contribution is -2.35. The molecule has 0 rings (SSSR count). The molecule has 92 valence electrons. The first-order chi connectivity index (χ1) is 6.91. The van der Waals surface area contributed by atoms with Crippen LogP contribution in [0.15, 0.2) is 0 Å². The first-order valence-electron chi connectivity index (χ1n) is 5.12. The molecule has 0 aliphatic rings. The van der Waals surface area contributed by atoms with Crippen LogP contribution in [0.3, 0.4) is 0 Å². The third-order valence-electron chi connectivity index (χ3n) is 1.93. The molecule has 0 heterocycles. The summed E-state index contributed by atoms with van der Waals surface area (Å²) in [6, 6.07) is 0. The largest absolute Gasteiger partial charge is 0.392 e. The number of hydrogen-bond acceptors (Lipinski definition) is 3. The van der Waals surface area contributed by atoms with Crippen molar-refractivity contribution in [3.05, 3.63) is 0 Å². The molecule has 0 aliphatic heterocycles. The topological polar surface area (TPSA) is 66.4 Å². The summed E-state index contributed by atoms with van der Waals surface area (Å²) in [5.74, 6) is 0.251. The molecule has 2 N–H and O–H groups in total. The number of aliphatic hydroxyl groups excluding tert-OH is 1. The maximum atomic E-state index is 11.4. The average Bonchev–Trinajstić information content (AvgIpc) is 2.15. The first kappa shape index (κ1) is 15.2. The molecule has 6 heteroatoms. The Morgan fingerprint density at radius 1 is 1.47 bits per heavy atom. The smallest absolute Gasteiger partial charge is 0.211 e. The summed E-state index contributed by atoms with van der Waals surface area (Å²) < 4.78 is 25.2. The minimum absolute atomic E-state index is 0.00927. The molecule has 0 radical (unpaired) electrons. The molecule has 4 nitrogen and oxygen atoms in total. The molecule has 0 saturated carbocycles. The van der Waals surface area contributed by atoms with E-state index in [0.717, 1.165) is 6.42 Å². The number of alkyl halides is 1. The summed E-state index contributed by atoms with van der Waals surface area (Å²) in [7, 11) is -3.30. The van der Waals surface area contributed by atoms with Crippen molar-refractivity contribution in [3.63, 3.8) is 0 Å². The SMILES string of the molecule is CCCC(O)CNS(=O)(=O)CC(C)CCl. The van der Waals surface area contributed by atoms with E-state index in [0.29, 0.717) is 12.3 Å². The van der Waals surface area contributed by atoms with Crippen molar-refractivity contribution in [2.45, 2.75) is 32.8 Å². The molecular formula is C9H20ClNO3S. The van der Waals surface area contributed by atoms with Crippen molar-refractivity contribution in [2.24, 2.45) is 5.92 Å². The van der Waals surface area contributed by atoms with Crippen molar-refractivity contribution >= 4 is 21.6 Å². The van der Waals surface area contributed by atoms with Crippen LogP contribution in [0.2, 0.25) is 0 Å². The fraction of sp³-hybridized carbons (Fsp3) is 1.00. The van der Waals surface area contributed by atoms with Crippen molar-refractivity contribution < 1.29 is 13.5 Å². The summed E-state index contributed by atoms with van der Waals surface area (Å²) >= 11 is 5.53. The van der Waals surface area contributed by atoms with Crippen LogP contribution < -0.4 is 4.72 Å². The zero-order valence-corrected chi connectivity index (χ0v) is 10.8. The Hall–Kier alpha value is 0.160. The van der Waals surface area contributed by atoms with Gasteiger partial charge < -0.3 is 5.11 Å². The van der Waals surface area contributed by atoms with Gasteiger partial charge in [-0.15, -0.1) is 11.6 Å². The Bertz CT molecular complexity index is 256. The van der Waals surface area contributed by atoms with Crippen molar-refractivity contribution in [2.75, 3.05) is 18.2 Å². The van der Waals surface area contributed by atoms with Gasteiger partial charge in [0.2, 0.25) is 10.0 Å². The van der Waals surface area contributed by atoms with Gasteiger partial charge in [-0.25, -0.2) is 13.1 Å². The number of nitrogens with one attached hydrogen (secondary N) is 1. The predicted molar refractivity (Wildman–Crippen MR) is 62.6 cm³/mol. The fourth-order valence-corrected chi connectivity index (χ4v) is 2.81. The van der Waals surface area contributed by atoms with Crippen LogP contribution in [0.5, 0.6) is 0 Å². The molecule has 0 amide bonds. The number of sulfonamides is 1. The van der Waals surface area contributed by atoms with Crippen LogP contribution in [0.4, 0.5) is 0 Å². The Kier molecular flexibility index (Phi) is 7.52. The quantitative estimate of drug-likeness (QED) is 0.636. The highest BCUT2D eigenvalue weighted by Gasteiger charge is 2.16. The van der Waals surface area contributed by atoms with Crippen LogP contribution in [0, 0.1) is 5.92 Å². The molecule has 0 spiro atoms. The van der Waals surface area contributed by atoms with Crippen LogP contribution in [-0.2, 0) is 10.0 Å². The van der Waals surface area contributed by atoms with Gasteiger partial charge in [-0.1, -0.05) is 20.3 Å². The highest BCUT2D eigenvalue weighted by molar-refractivity contribution is 7.89. The second-order valence-electron chi connectivity index (χ2n) is 3.83. The van der Waals surface area contributed by atoms with Crippen molar-refractivity contribution in [3.8, 4) is 0 Å². The molecule has 0 aliphatic carbocycles. The van der Waals surface area contributed by atoms with Gasteiger partial charge in [0.15, 0.2) is 0 Å². The van der Waals surface area contributed by atoms with Crippen LogP contribution in [0.25, 0.3) is 0 Å². The average molecular weight is 258 g/mol. The minimum Gasteiger partial charge on any atom is -0.392 e. The van der Waals surface area contributed by atoms with Gasteiger partial charge in [-0.2, -0.15) is 0 Å². The molecule has 0 bridgehead atoms.